The van der Waals surface area contributed by atoms with Gasteiger partial charge in [-0.25, -0.2) is 0 Å². The number of methoxy groups -OCH3 is 1. The number of aliphatic hydroxyl groups is 2. The van der Waals surface area contributed by atoms with Crippen LogP contribution in [0.4, 0.5) is 0 Å². The van der Waals surface area contributed by atoms with Crippen molar-refractivity contribution in [3.63, 3.8) is 0 Å². The van der Waals surface area contributed by atoms with Gasteiger partial charge in [0.25, 0.3) is 11.8 Å². The maximum atomic E-state index is 13.8. The molecule has 59 heavy (non-hydrogen) atoms. The molecule has 6 rings (SSSR count). The summed E-state index contributed by atoms with van der Waals surface area (Å²) >= 11 is 0. The number of primary amides is 1. The Hall–Kier alpha value is -6.57. The lowest BCUT2D eigenvalue weighted by Crippen LogP contribution is -2.27. The van der Waals surface area contributed by atoms with Crippen molar-refractivity contribution in [1.29, 1.82) is 0 Å². The third-order valence-electron chi connectivity index (χ3n) is 9.87. The summed E-state index contributed by atoms with van der Waals surface area (Å²) in [7, 11) is 4.95. The summed E-state index contributed by atoms with van der Waals surface area (Å²) in [5.74, 6) is -0.966. The van der Waals surface area contributed by atoms with Gasteiger partial charge in [-0.1, -0.05) is 12.2 Å². The smallest absolute Gasteiger partial charge is 0.298 e. The minimum absolute atomic E-state index is 0.0955. The average Bonchev–Trinajstić information content (AvgIpc) is 3.94. The minimum Gasteiger partial charge on any atom is -0.494 e. The van der Waals surface area contributed by atoms with Crippen LogP contribution in [-0.4, -0.2) is 86.1 Å². The van der Waals surface area contributed by atoms with Crippen LogP contribution in [0.2, 0.25) is 0 Å². The molecule has 19 nitrogen and oxygen atoms in total. The Labute approximate surface area is 338 Å². The van der Waals surface area contributed by atoms with Gasteiger partial charge in [0.2, 0.25) is 17.1 Å². The van der Waals surface area contributed by atoms with Crippen molar-refractivity contribution in [2.75, 3.05) is 20.3 Å². The summed E-state index contributed by atoms with van der Waals surface area (Å²) < 4.78 is 22.1. The fraction of sp³-hybridized carbons (Fsp3) is 0.375. The summed E-state index contributed by atoms with van der Waals surface area (Å²) in [4.78, 5) is 49.1. The number of benzene rings is 2. The van der Waals surface area contributed by atoms with Gasteiger partial charge in [0.05, 0.1) is 36.1 Å². The summed E-state index contributed by atoms with van der Waals surface area (Å²) in [6, 6.07) is 9.86. The van der Waals surface area contributed by atoms with E-state index in [1.165, 1.54) is 7.11 Å². The molecular weight excluding hydrogens is 761 g/mol. The van der Waals surface area contributed by atoms with Gasteiger partial charge < -0.3 is 49.4 Å². The van der Waals surface area contributed by atoms with E-state index in [-0.39, 0.29) is 43.1 Å². The Balaban J connectivity index is 1.52. The molecular formula is C40H50N12O7. The van der Waals surface area contributed by atoms with Crippen molar-refractivity contribution in [1.82, 2.24) is 37.8 Å². The fourth-order valence-electron chi connectivity index (χ4n) is 7.05. The van der Waals surface area contributed by atoms with Crippen molar-refractivity contribution in [3.05, 3.63) is 93.7 Å². The third kappa shape index (κ3) is 8.25. The zero-order valence-electron chi connectivity index (χ0n) is 34.2. The van der Waals surface area contributed by atoms with Crippen molar-refractivity contribution >= 4 is 39.8 Å². The van der Waals surface area contributed by atoms with Gasteiger partial charge in [0.1, 0.15) is 40.1 Å². The summed E-state index contributed by atoms with van der Waals surface area (Å²) in [5, 5.41) is 28.7. The summed E-state index contributed by atoms with van der Waals surface area (Å²) in [6.07, 6.45) is 2.76. The molecule has 4 aromatic heterocycles. The van der Waals surface area contributed by atoms with Gasteiger partial charge in [0, 0.05) is 64.4 Å². The highest BCUT2D eigenvalue weighted by Crippen LogP contribution is 2.30. The molecule has 0 saturated heterocycles. The number of carbonyl (C=O) groups is 3. The molecule has 0 bridgehead atoms. The number of imidazole rings is 2. The van der Waals surface area contributed by atoms with Gasteiger partial charge in [0.15, 0.2) is 0 Å². The molecule has 0 aliphatic heterocycles. The fourth-order valence-corrected chi connectivity index (χ4v) is 7.05. The molecule has 0 aliphatic carbocycles. The van der Waals surface area contributed by atoms with Crippen molar-refractivity contribution in [2.24, 2.45) is 35.5 Å². The Morgan fingerprint density at radius 3 is 1.78 bits per heavy atom. The first-order valence-electron chi connectivity index (χ1n) is 19.1. The molecule has 3 amide bonds. The maximum Gasteiger partial charge on any atom is 0.298 e. The highest BCUT2D eigenvalue weighted by atomic mass is 16.5. The lowest BCUT2D eigenvalue weighted by atomic mass is 10.1. The molecule has 0 radical (unpaired) electrons. The van der Waals surface area contributed by atoms with Crippen LogP contribution in [-0.2, 0) is 40.3 Å². The van der Waals surface area contributed by atoms with E-state index >= 15 is 0 Å². The summed E-state index contributed by atoms with van der Waals surface area (Å²) in [5.41, 5.74) is 17.0. The molecule has 312 valence electrons. The maximum absolute atomic E-state index is 13.8. The zero-order chi connectivity index (χ0) is 42.7. The van der Waals surface area contributed by atoms with Crippen LogP contribution in [0.1, 0.15) is 74.8 Å². The first-order valence-corrected chi connectivity index (χ1v) is 19.1. The van der Waals surface area contributed by atoms with Crippen molar-refractivity contribution in [2.45, 2.75) is 66.5 Å². The second kappa shape index (κ2) is 17.5. The number of ether oxygens (including phenoxy) is 2. The minimum atomic E-state index is -1.32. The number of aromatic nitrogens is 8. The summed E-state index contributed by atoms with van der Waals surface area (Å²) in [6.45, 7) is 8.72. The molecule has 6 N–H and O–H groups in total. The van der Waals surface area contributed by atoms with E-state index < -0.39 is 23.9 Å². The van der Waals surface area contributed by atoms with Crippen molar-refractivity contribution < 1.29 is 34.1 Å². The largest absolute Gasteiger partial charge is 0.494 e. The number of amides is 3. The van der Waals surface area contributed by atoms with Gasteiger partial charge in [-0.05, 0) is 64.1 Å². The molecule has 1 atom stereocenters. The molecule has 19 heteroatoms. The van der Waals surface area contributed by atoms with Crippen LogP contribution < -0.4 is 32.2 Å². The van der Waals surface area contributed by atoms with E-state index in [0.717, 1.165) is 0 Å². The van der Waals surface area contributed by atoms with Crippen LogP contribution in [0, 0.1) is 13.8 Å². The number of hydrogen-bond acceptors (Lipinski definition) is 10. The SMILES string of the molecule is CCn1nc(C)cc1C(=O)N=c1n(C)c2cc(C(N)=O)cc(OC)c2n1C/C=C/Cn1c(=NC(=O)c2cc(C)nn2CC)n(C)c2cc(C(N)O)cc(OCCCO)c21. The molecule has 2 aromatic carbocycles. The lowest BCUT2D eigenvalue weighted by molar-refractivity contribution is 0.0977. The quantitative estimate of drug-likeness (QED) is 0.0667. The van der Waals surface area contributed by atoms with Crippen molar-refractivity contribution in [3.8, 4) is 11.5 Å². The Bertz CT molecular complexity index is 2750. The molecule has 0 fully saturated rings. The van der Waals surface area contributed by atoms with Gasteiger partial charge in [-0.3, -0.25) is 23.7 Å². The first kappa shape index (κ1) is 42.0. The number of fused-ring (bicyclic) bond motifs is 2. The standard InChI is InChI=1S/C40H50N12O7/c1-8-51-29(17-23(3)45-51)37(56)43-39-47(5)27-19-25(35(41)54)21-31(58-7)33(27)49(39)13-10-11-14-50-34-28(20-26(36(42)55)22-32(34)59-16-12-15-53)48(6)40(50)44-38(57)30-18-24(4)46-52(30)9-2/h10-11,17-22,36,53,55H,8-9,12-16,42H2,1-7H3,(H2,41,54)/b11-10+,43-39?,44-40?. The molecule has 0 saturated carbocycles. The Kier molecular flexibility index (Phi) is 12.5. The second-order valence-electron chi connectivity index (χ2n) is 13.9. The highest BCUT2D eigenvalue weighted by Gasteiger charge is 2.22. The molecule has 0 spiro atoms. The molecule has 0 aliphatic rings. The number of aryl methyl sites for hydroxylation is 6. The van der Waals surface area contributed by atoms with Gasteiger partial charge in [-0.2, -0.15) is 20.2 Å². The number of carbonyl (C=O) groups excluding carboxylic acids is 3. The van der Waals surface area contributed by atoms with Crippen LogP contribution >= 0.6 is 0 Å². The Morgan fingerprint density at radius 2 is 1.32 bits per heavy atom. The lowest BCUT2D eigenvalue weighted by Gasteiger charge is -2.13. The van der Waals surface area contributed by atoms with E-state index in [1.807, 2.05) is 26.0 Å². The number of nitrogens with two attached hydrogens (primary N) is 2. The Morgan fingerprint density at radius 1 is 0.814 bits per heavy atom. The van der Waals surface area contributed by atoms with Gasteiger partial charge in [-0.15, -0.1) is 0 Å². The monoisotopic (exact) mass is 810 g/mol. The molecule has 6 aromatic rings. The van der Waals surface area contributed by atoms with Crippen LogP contribution in [0.5, 0.6) is 11.5 Å². The van der Waals surface area contributed by atoms with E-state index in [1.54, 1.807) is 92.0 Å². The van der Waals surface area contributed by atoms with E-state index in [4.69, 9.17) is 20.9 Å². The topological polar surface area (TPSA) is 242 Å². The number of hydrogen-bond donors (Lipinski definition) is 4. The predicted octanol–water partition coefficient (Wildman–Crippen LogP) is 1.88. The van der Waals surface area contributed by atoms with E-state index in [0.29, 0.717) is 81.4 Å². The van der Waals surface area contributed by atoms with Gasteiger partial charge >= 0.3 is 0 Å². The number of nitrogens with zero attached hydrogens (tertiary/aromatic N) is 10. The number of aliphatic hydroxyl groups excluding tert-OH is 2. The van der Waals surface area contributed by atoms with Crippen LogP contribution in [0.25, 0.3) is 22.1 Å². The molecule has 1 unspecified atom stereocenters. The van der Waals surface area contributed by atoms with Crippen LogP contribution in [0.3, 0.4) is 0 Å². The second-order valence-corrected chi connectivity index (χ2v) is 13.9. The highest BCUT2D eigenvalue weighted by molar-refractivity contribution is 5.99. The van der Waals surface area contributed by atoms with E-state index in [2.05, 4.69) is 20.2 Å². The average molecular weight is 811 g/mol. The number of allylic oxidation sites excluding steroid dienone is 2. The normalized spacial score (nSPS) is 13.1. The molecule has 4 heterocycles. The van der Waals surface area contributed by atoms with E-state index in [9.17, 15) is 24.6 Å². The third-order valence-corrected chi connectivity index (χ3v) is 9.87. The first-order chi connectivity index (χ1) is 28.2. The zero-order valence-corrected chi connectivity index (χ0v) is 34.2. The number of rotatable bonds is 15. The van der Waals surface area contributed by atoms with Crippen LogP contribution in [0.15, 0.2) is 58.5 Å². The predicted molar refractivity (Wildman–Crippen MR) is 217 cm³/mol.